The molecule has 1 atom stereocenters. The van der Waals surface area contributed by atoms with E-state index in [9.17, 15) is 29.6 Å². The van der Waals surface area contributed by atoms with Crippen molar-refractivity contribution in [1.29, 1.82) is 0 Å². The predicted molar refractivity (Wildman–Crippen MR) is 125 cm³/mol. The standard InChI is InChI=1S/C25H19N3O6/c1-15(29)26-18-10-12-19(13-11-18)27-22(16-6-3-2-4-7-16)21(24(31)25(27)32)23(30)17-8-5-9-20(14-17)28(33)34/h2-14,22,30H,1H3,(H,26,29)/b23-21-. The lowest BCUT2D eigenvalue weighted by molar-refractivity contribution is -0.384. The molecular weight excluding hydrogens is 438 g/mol. The first kappa shape index (κ1) is 22.4. The van der Waals surface area contributed by atoms with Gasteiger partial charge in [0, 0.05) is 36.0 Å². The summed E-state index contributed by atoms with van der Waals surface area (Å²) in [5, 5.41) is 24.9. The van der Waals surface area contributed by atoms with E-state index in [4.69, 9.17) is 0 Å². The van der Waals surface area contributed by atoms with Gasteiger partial charge in [-0.05, 0) is 29.8 Å². The summed E-state index contributed by atoms with van der Waals surface area (Å²) in [6, 6.07) is 19.3. The number of non-ortho nitro benzene ring substituents is 1. The number of ketones is 1. The Labute approximate surface area is 194 Å². The molecule has 1 unspecified atom stereocenters. The summed E-state index contributed by atoms with van der Waals surface area (Å²) >= 11 is 0. The van der Waals surface area contributed by atoms with Crippen LogP contribution in [0.3, 0.4) is 0 Å². The lowest BCUT2D eigenvalue weighted by Crippen LogP contribution is -2.29. The van der Waals surface area contributed by atoms with Gasteiger partial charge in [-0.15, -0.1) is 0 Å². The highest BCUT2D eigenvalue weighted by molar-refractivity contribution is 6.51. The summed E-state index contributed by atoms with van der Waals surface area (Å²) in [5.74, 6) is -2.53. The number of Topliss-reactive ketones (excluding diaryl/α,β-unsaturated/α-hetero) is 1. The van der Waals surface area contributed by atoms with E-state index in [2.05, 4.69) is 5.32 Å². The number of nitro groups is 1. The normalized spacial score (nSPS) is 17.0. The van der Waals surface area contributed by atoms with E-state index in [0.717, 1.165) is 6.07 Å². The van der Waals surface area contributed by atoms with Crippen molar-refractivity contribution < 1.29 is 24.4 Å². The Kier molecular flexibility index (Phi) is 5.92. The molecule has 3 aromatic rings. The maximum Gasteiger partial charge on any atom is 0.300 e. The summed E-state index contributed by atoms with van der Waals surface area (Å²) in [4.78, 5) is 49.4. The lowest BCUT2D eigenvalue weighted by Gasteiger charge is -2.25. The van der Waals surface area contributed by atoms with Gasteiger partial charge in [0.1, 0.15) is 5.76 Å². The molecule has 3 aromatic carbocycles. The summed E-state index contributed by atoms with van der Waals surface area (Å²) in [6.07, 6.45) is 0. The van der Waals surface area contributed by atoms with Gasteiger partial charge in [-0.3, -0.25) is 29.4 Å². The summed E-state index contributed by atoms with van der Waals surface area (Å²) in [5.41, 5.74) is 1.07. The van der Waals surface area contributed by atoms with E-state index in [1.54, 1.807) is 54.6 Å². The number of carbonyl (C=O) groups excluding carboxylic acids is 3. The molecule has 1 aliphatic heterocycles. The zero-order chi connectivity index (χ0) is 24.4. The van der Waals surface area contributed by atoms with Gasteiger partial charge in [-0.25, -0.2) is 0 Å². The van der Waals surface area contributed by atoms with E-state index in [1.807, 2.05) is 0 Å². The number of nitrogens with one attached hydrogen (secondary N) is 1. The first-order chi connectivity index (χ1) is 16.3. The van der Waals surface area contributed by atoms with Crippen molar-refractivity contribution in [3.63, 3.8) is 0 Å². The molecule has 0 spiro atoms. The van der Waals surface area contributed by atoms with Crippen molar-refractivity contribution in [2.75, 3.05) is 10.2 Å². The number of anilines is 2. The van der Waals surface area contributed by atoms with Crippen LogP contribution in [0.4, 0.5) is 17.1 Å². The molecule has 9 nitrogen and oxygen atoms in total. The molecule has 170 valence electrons. The van der Waals surface area contributed by atoms with E-state index < -0.39 is 28.4 Å². The molecular formula is C25H19N3O6. The van der Waals surface area contributed by atoms with E-state index in [-0.39, 0.29) is 22.7 Å². The number of carbonyl (C=O) groups is 3. The second kappa shape index (κ2) is 8.99. The maximum absolute atomic E-state index is 13.1. The average Bonchev–Trinajstić information content (AvgIpc) is 3.10. The van der Waals surface area contributed by atoms with Gasteiger partial charge < -0.3 is 10.4 Å². The zero-order valence-electron chi connectivity index (χ0n) is 18.0. The van der Waals surface area contributed by atoms with Crippen molar-refractivity contribution in [1.82, 2.24) is 0 Å². The lowest BCUT2D eigenvalue weighted by atomic mass is 9.95. The summed E-state index contributed by atoms with van der Waals surface area (Å²) < 4.78 is 0. The first-order valence-electron chi connectivity index (χ1n) is 10.3. The van der Waals surface area contributed by atoms with E-state index >= 15 is 0 Å². The topological polar surface area (TPSA) is 130 Å². The van der Waals surface area contributed by atoms with Crippen LogP contribution in [0.15, 0.2) is 84.4 Å². The van der Waals surface area contributed by atoms with Gasteiger partial charge in [-0.1, -0.05) is 42.5 Å². The van der Waals surface area contributed by atoms with Crippen LogP contribution in [0, 0.1) is 10.1 Å². The zero-order valence-corrected chi connectivity index (χ0v) is 18.0. The number of aliphatic hydroxyl groups is 1. The number of benzene rings is 3. The number of nitrogens with zero attached hydrogens (tertiary/aromatic N) is 2. The molecule has 2 N–H and O–H groups in total. The minimum Gasteiger partial charge on any atom is -0.507 e. The van der Waals surface area contributed by atoms with Crippen LogP contribution in [-0.4, -0.2) is 27.6 Å². The second-order valence-corrected chi connectivity index (χ2v) is 7.62. The fraction of sp³-hybridized carbons (Fsp3) is 0.0800. The number of nitro benzene ring substituents is 1. The van der Waals surface area contributed by atoms with Crippen LogP contribution in [0.5, 0.6) is 0 Å². The Bertz CT molecular complexity index is 1330. The summed E-state index contributed by atoms with van der Waals surface area (Å²) in [6.45, 7) is 1.37. The van der Waals surface area contributed by atoms with E-state index in [1.165, 1.54) is 30.0 Å². The minimum absolute atomic E-state index is 0.0501. The smallest absolute Gasteiger partial charge is 0.300 e. The van der Waals surface area contributed by atoms with Crippen LogP contribution in [0.2, 0.25) is 0 Å². The van der Waals surface area contributed by atoms with Gasteiger partial charge in [0.25, 0.3) is 17.4 Å². The highest BCUT2D eigenvalue weighted by atomic mass is 16.6. The predicted octanol–water partition coefficient (Wildman–Crippen LogP) is 4.18. The highest BCUT2D eigenvalue weighted by Gasteiger charge is 2.47. The van der Waals surface area contributed by atoms with E-state index in [0.29, 0.717) is 16.9 Å². The quantitative estimate of drug-likeness (QED) is 0.194. The Morgan fingerprint density at radius 3 is 2.29 bits per heavy atom. The number of rotatable bonds is 5. The molecule has 0 aliphatic carbocycles. The largest absolute Gasteiger partial charge is 0.507 e. The molecule has 1 fully saturated rings. The summed E-state index contributed by atoms with van der Waals surface area (Å²) in [7, 11) is 0. The van der Waals surface area contributed by atoms with Gasteiger partial charge in [0.2, 0.25) is 5.91 Å². The van der Waals surface area contributed by atoms with Crippen molar-refractivity contribution in [3.05, 3.63) is 106 Å². The minimum atomic E-state index is -0.966. The molecule has 4 rings (SSSR count). The molecule has 9 heteroatoms. The number of hydrogen-bond acceptors (Lipinski definition) is 6. The van der Waals surface area contributed by atoms with Crippen molar-refractivity contribution >= 4 is 40.4 Å². The van der Waals surface area contributed by atoms with Crippen molar-refractivity contribution in [3.8, 4) is 0 Å². The van der Waals surface area contributed by atoms with Gasteiger partial charge in [-0.2, -0.15) is 0 Å². The Morgan fingerprint density at radius 2 is 1.68 bits per heavy atom. The molecule has 0 saturated carbocycles. The third-order valence-corrected chi connectivity index (χ3v) is 5.36. The highest BCUT2D eigenvalue weighted by Crippen LogP contribution is 2.42. The number of hydrogen-bond donors (Lipinski definition) is 2. The van der Waals surface area contributed by atoms with Crippen molar-refractivity contribution in [2.45, 2.75) is 13.0 Å². The van der Waals surface area contributed by atoms with Gasteiger partial charge in [0.15, 0.2) is 0 Å². The molecule has 0 aromatic heterocycles. The fourth-order valence-electron chi connectivity index (χ4n) is 3.88. The Hall–Kier alpha value is -4.79. The molecule has 0 bridgehead atoms. The van der Waals surface area contributed by atoms with Crippen molar-refractivity contribution in [2.24, 2.45) is 0 Å². The van der Waals surface area contributed by atoms with Crippen LogP contribution < -0.4 is 10.2 Å². The van der Waals surface area contributed by atoms with Gasteiger partial charge >= 0.3 is 0 Å². The monoisotopic (exact) mass is 457 g/mol. The number of aliphatic hydroxyl groups excluding tert-OH is 1. The molecule has 2 amide bonds. The molecule has 1 aliphatic rings. The Balaban J connectivity index is 1.87. The fourth-order valence-corrected chi connectivity index (χ4v) is 3.88. The SMILES string of the molecule is CC(=O)Nc1ccc(N2C(=O)C(=O)/C(=C(\O)c3cccc([N+](=O)[O-])c3)C2c2ccccc2)cc1. The van der Waals surface area contributed by atoms with Crippen LogP contribution in [-0.2, 0) is 14.4 Å². The van der Waals surface area contributed by atoms with Crippen LogP contribution in [0.25, 0.3) is 5.76 Å². The third kappa shape index (κ3) is 4.14. The molecule has 1 heterocycles. The number of amides is 2. The van der Waals surface area contributed by atoms with Crippen LogP contribution in [0.1, 0.15) is 24.1 Å². The maximum atomic E-state index is 13.1. The average molecular weight is 457 g/mol. The van der Waals surface area contributed by atoms with Gasteiger partial charge in [0.05, 0.1) is 16.5 Å². The molecule has 34 heavy (non-hydrogen) atoms. The third-order valence-electron chi connectivity index (χ3n) is 5.36. The second-order valence-electron chi connectivity index (χ2n) is 7.62. The molecule has 1 saturated heterocycles. The van der Waals surface area contributed by atoms with Crippen LogP contribution >= 0.6 is 0 Å². The molecule has 0 radical (unpaired) electrons. The Morgan fingerprint density at radius 1 is 1.00 bits per heavy atom. The first-order valence-corrected chi connectivity index (χ1v) is 10.3.